The molecule has 1 aromatic rings. The molecular formula is C20H27N3O3S. The molecule has 0 aliphatic carbocycles. The zero-order valence-electron chi connectivity index (χ0n) is 15.9. The molecule has 0 radical (unpaired) electrons. The minimum atomic E-state index is -0.0405. The third-order valence-electron chi connectivity index (χ3n) is 5.03. The number of carbonyl (C=O) groups excluding carboxylic acids is 3. The lowest BCUT2D eigenvalue weighted by Gasteiger charge is -2.31. The van der Waals surface area contributed by atoms with Crippen LogP contribution in [-0.2, 0) is 9.59 Å². The summed E-state index contributed by atoms with van der Waals surface area (Å²) in [5.74, 6) is 0.997. The van der Waals surface area contributed by atoms with E-state index in [1.807, 2.05) is 12.1 Å². The number of hydrogen-bond donors (Lipinski definition) is 2. The fourth-order valence-electron chi connectivity index (χ4n) is 3.37. The van der Waals surface area contributed by atoms with E-state index in [0.29, 0.717) is 55.4 Å². The summed E-state index contributed by atoms with van der Waals surface area (Å²) in [6, 6.07) is 5.46. The van der Waals surface area contributed by atoms with Crippen LogP contribution in [0.15, 0.2) is 23.1 Å². The molecule has 6 nitrogen and oxygen atoms in total. The molecule has 1 aromatic carbocycles. The van der Waals surface area contributed by atoms with Gasteiger partial charge in [-0.05, 0) is 43.4 Å². The molecular weight excluding hydrogens is 362 g/mol. The van der Waals surface area contributed by atoms with Crippen molar-refractivity contribution in [2.45, 2.75) is 38.0 Å². The van der Waals surface area contributed by atoms with E-state index in [9.17, 15) is 14.4 Å². The molecule has 2 N–H and O–H groups in total. The van der Waals surface area contributed by atoms with E-state index in [1.165, 1.54) is 11.8 Å². The van der Waals surface area contributed by atoms with Gasteiger partial charge in [0.2, 0.25) is 11.8 Å². The molecule has 27 heavy (non-hydrogen) atoms. The molecule has 0 aromatic heterocycles. The molecule has 0 spiro atoms. The quantitative estimate of drug-likeness (QED) is 0.812. The molecule has 2 heterocycles. The van der Waals surface area contributed by atoms with Crippen molar-refractivity contribution >= 4 is 35.2 Å². The number of nitrogens with zero attached hydrogens (tertiary/aromatic N) is 1. The highest BCUT2D eigenvalue weighted by atomic mass is 32.2. The maximum absolute atomic E-state index is 12.8. The van der Waals surface area contributed by atoms with Gasteiger partial charge in [-0.1, -0.05) is 13.8 Å². The molecule has 2 aliphatic rings. The van der Waals surface area contributed by atoms with Crippen LogP contribution in [0.5, 0.6) is 0 Å². The summed E-state index contributed by atoms with van der Waals surface area (Å²) in [4.78, 5) is 39.4. The average Bonchev–Trinajstić information content (AvgIpc) is 2.66. The topological polar surface area (TPSA) is 78.5 Å². The lowest BCUT2D eigenvalue weighted by Crippen LogP contribution is -2.43. The first-order valence-corrected chi connectivity index (χ1v) is 10.6. The molecule has 146 valence electrons. The number of amides is 3. The standard InChI is InChI=1S/C20H27N3O3S/c1-13(2)5-8-21-19(25)14-6-9-23(10-7-14)20(26)15-3-4-17-16(11-15)22-18(24)12-27-17/h3-4,11,13-14H,5-10,12H2,1-2H3,(H,21,25)(H,22,24). The number of piperidine rings is 1. The van der Waals surface area contributed by atoms with E-state index in [1.54, 1.807) is 11.0 Å². The van der Waals surface area contributed by atoms with Crippen molar-refractivity contribution < 1.29 is 14.4 Å². The fraction of sp³-hybridized carbons (Fsp3) is 0.550. The lowest BCUT2D eigenvalue weighted by atomic mass is 9.95. The van der Waals surface area contributed by atoms with Crippen LogP contribution in [0.1, 0.15) is 43.5 Å². The highest BCUT2D eigenvalue weighted by Gasteiger charge is 2.28. The Labute approximate surface area is 164 Å². The van der Waals surface area contributed by atoms with Crippen molar-refractivity contribution in [3.8, 4) is 0 Å². The number of fused-ring (bicyclic) bond motifs is 1. The number of rotatable bonds is 5. The molecule has 1 saturated heterocycles. The normalized spacial score (nSPS) is 17.4. The second kappa shape index (κ2) is 8.78. The summed E-state index contributed by atoms with van der Waals surface area (Å²) in [6.07, 6.45) is 2.36. The van der Waals surface area contributed by atoms with Gasteiger partial charge >= 0.3 is 0 Å². The summed E-state index contributed by atoms with van der Waals surface area (Å²) in [5.41, 5.74) is 1.29. The number of hydrogen-bond acceptors (Lipinski definition) is 4. The lowest BCUT2D eigenvalue weighted by molar-refractivity contribution is -0.126. The third kappa shape index (κ3) is 5.03. The number of nitrogens with one attached hydrogen (secondary N) is 2. The van der Waals surface area contributed by atoms with Gasteiger partial charge in [0, 0.05) is 36.0 Å². The summed E-state index contributed by atoms with van der Waals surface area (Å²) in [6.45, 7) is 6.16. The summed E-state index contributed by atoms with van der Waals surface area (Å²) < 4.78 is 0. The molecule has 0 unspecified atom stereocenters. The van der Waals surface area contributed by atoms with Crippen molar-refractivity contribution in [3.05, 3.63) is 23.8 Å². The van der Waals surface area contributed by atoms with Gasteiger partial charge in [-0.15, -0.1) is 11.8 Å². The number of carbonyl (C=O) groups is 3. The largest absolute Gasteiger partial charge is 0.356 e. The molecule has 3 amide bonds. The Morgan fingerprint density at radius 2 is 2.04 bits per heavy atom. The third-order valence-corrected chi connectivity index (χ3v) is 6.11. The molecule has 0 saturated carbocycles. The van der Waals surface area contributed by atoms with Gasteiger partial charge in [0.25, 0.3) is 5.91 Å². The summed E-state index contributed by atoms with van der Waals surface area (Å²) in [5, 5.41) is 5.84. The molecule has 1 fully saturated rings. The number of thioether (sulfide) groups is 1. The first-order chi connectivity index (χ1) is 12.9. The zero-order valence-corrected chi connectivity index (χ0v) is 16.7. The van der Waals surface area contributed by atoms with Crippen molar-refractivity contribution in [3.63, 3.8) is 0 Å². The van der Waals surface area contributed by atoms with Crippen LogP contribution in [-0.4, -0.2) is 48.0 Å². The average molecular weight is 390 g/mol. The van der Waals surface area contributed by atoms with Gasteiger partial charge in [0.1, 0.15) is 0 Å². The van der Waals surface area contributed by atoms with E-state index in [-0.39, 0.29) is 23.6 Å². The molecule has 0 atom stereocenters. The van der Waals surface area contributed by atoms with Crippen molar-refractivity contribution in [2.75, 3.05) is 30.7 Å². The van der Waals surface area contributed by atoms with E-state index in [4.69, 9.17) is 0 Å². The number of anilines is 1. The van der Waals surface area contributed by atoms with Gasteiger partial charge in [-0.2, -0.15) is 0 Å². The minimum absolute atomic E-state index is 0.0135. The van der Waals surface area contributed by atoms with Gasteiger partial charge in [-0.25, -0.2) is 0 Å². The number of benzene rings is 1. The Bertz CT molecular complexity index is 727. The highest BCUT2D eigenvalue weighted by Crippen LogP contribution is 2.32. The minimum Gasteiger partial charge on any atom is -0.356 e. The maximum Gasteiger partial charge on any atom is 0.253 e. The Balaban J connectivity index is 1.53. The number of likely N-dealkylation sites (tertiary alicyclic amines) is 1. The van der Waals surface area contributed by atoms with Crippen LogP contribution < -0.4 is 10.6 Å². The van der Waals surface area contributed by atoms with Gasteiger partial charge in [0.05, 0.1) is 11.4 Å². The first-order valence-electron chi connectivity index (χ1n) is 9.57. The van der Waals surface area contributed by atoms with E-state index < -0.39 is 0 Å². The van der Waals surface area contributed by atoms with Crippen LogP contribution in [0.2, 0.25) is 0 Å². The van der Waals surface area contributed by atoms with Crippen LogP contribution in [0.4, 0.5) is 5.69 Å². The first kappa shape index (κ1) is 19.7. The summed E-state index contributed by atoms with van der Waals surface area (Å²) >= 11 is 1.48. The predicted octanol–water partition coefficient (Wildman–Crippen LogP) is 2.75. The highest BCUT2D eigenvalue weighted by molar-refractivity contribution is 8.00. The SMILES string of the molecule is CC(C)CCNC(=O)C1CCN(C(=O)c2ccc3c(c2)NC(=O)CS3)CC1. The zero-order chi connectivity index (χ0) is 19.4. The van der Waals surface area contributed by atoms with E-state index in [0.717, 1.165) is 11.3 Å². The molecule has 0 bridgehead atoms. The molecule has 7 heteroatoms. The molecule has 3 rings (SSSR count). The molecule has 2 aliphatic heterocycles. The van der Waals surface area contributed by atoms with Gasteiger partial charge < -0.3 is 15.5 Å². The van der Waals surface area contributed by atoms with Crippen molar-refractivity contribution in [2.24, 2.45) is 11.8 Å². The van der Waals surface area contributed by atoms with E-state index >= 15 is 0 Å². The smallest absolute Gasteiger partial charge is 0.253 e. The Hall–Kier alpha value is -2.02. The van der Waals surface area contributed by atoms with Gasteiger partial charge in [0.15, 0.2) is 0 Å². The van der Waals surface area contributed by atoms with Gasteiger partial charge in [-0.3, -0.25) is 14.4 Å². The van der Waals surface area contributed by atoms with Crippen LogP contribution in [0, 0.1) is 11.8 Å². The van der Waals surface area contributed by atoms with Crippen LogP contribution in [0.25, 0.3) is 0 Å². The van der Waals surface area contributed by atoms with E-state index in [2.05, 4.69) is 24.5 Å². The van der Waals surface area contributed by atoms with Crippen LogP contribution in [0.3, 0.4) is 0 Å². The maximum atomic E-state index is 12.8. The second-order valence-corrected chi connectivity index (χ2v) is 8.60. The van der Waals surface area contributed by atoms with Crippen molar-refractivity contribution in [1.82, 2.24) is 10.2 Å². The predicted molar refractivity (Wildman–Crippen MR) is 107 cm³/mol. The van der Waals surface area contributed by atoms with Crippen LogP contribution >= 0.6 is 11.8 Å². The second-order valence-electron chi connectivity index (χ2n) is 7.59. The van der Waals surface area contributed by atoms with Crippen molar-refractivity contribution in [1.29, 1.82) is 0 Å². The Morgan fingerprint density at radius 1 is 1.30 bits per heavy atom. The fourth-order valence-corrected chi connectivity index (χ4v) is 4.16. The Morgan fingerprint density at radius 3 is 2.74 bits per heavy atom. The summed E-state index contributed by atoms with van der Waals surface area (Å²) in [7, 11) is 0. The monoisotopic (exact) mass is 389 g/mol. The Kier molecular flexibility index (Phi) is 6.42.